The molecule has 3 aliphatic rings. The van der Waals surface area contributed by atoms with E-state index < -0.39 is 24.7 Å². The highest BCUT2D eigenvalue weighted by Gasteiger charge is 2.34. The second-order valence-electron chi connectivity index (χ2n) is 9.55. The minimum Gasteiger partial charge on any atom is -0.429 e. The van der Waals surface area contributed by atoms with Crippen molar-refractivity contribution in [3.63, 3.8) is 0 Å². The fourth-order valence-corrected chi connectivity index (χ4v) is 4.88. The van der Waals surface area contributed by atoms with E-state index in [0.29, 0.717) is 11.0 Å². The van der Waals surface area contributed by atoms with Crippen molar-refractivity contribution >= 4 is 5.97 Å². The molecule has 0 fully saturated rings. The Morgan fingerprint density at radius 2 is 2.07 bits per heavy atom. The molecule has 5 nitrogen and oxygen atoms in total. The van der Waals surface area contributed by atoms with Gasteiger partial charge in [0, 0.05) is 17.6 Å². The number of hydrogen-bond donors (Lipinski definition) is 2. The number of aliphatic hydroxyl groups excluding tert-OH is 2. The van der Waals surface area contributed by atoms with Gasteiger partial charge in [0.25, 0.3) is 0 Å². The van der Waals surface area contributed by atoms with Crippen LogP contribution in [0.25, 0.3) is 0 Å². The van der Waals surface area contributed by atoms with Crippen LogP contribution in [0.15, 0.2) is 46.6 Å². The Labute approximate surface area is 180 Å². The molecule has 0 aromatic carbocycles. The number of ether oxygens (including phenoxy) is 2. The molecule has 166 valence electrons. The third-order valence-electron chi connectivity index (χ3n) is 6.76. The molecule has 5 heteroatoms. The highest BCUT2D eigenvalue weighted by molar-refractivity contribution is 5.86. The van der Waals surface area contributed by atoms with Gasteiger partial charge in [-0.2, -0.15) is 0 Å². The van der Waals surface area contributed by atoms with Crippen molar-refractivity contribution in [2.24, 2.45) is 11.3 Å². The Kier molecular flexibility index (Phi) is 7.38. The van der Waals surface area contributed by atoms with E-state index in [9.17, 15) is 15.0 Å². The SMILES string of the molecule is CC1=C(CC/C(C)=C/CCC2C=C[C@H](C3=CC(=O)OC3O)OC2O)C(C)(C)CCC1. The Morgan fingerprint density at radius 1 is 1.30 bits per heavy atom. The zero-order chi connectivity index (χ0) is 21.9. The number of aliphatic hydroxyl groups is 2. The van der Waals surface area contributed by atoms with E-state index in [0.717, 1.165) is 25.7 Å². The van der Waals surface area contributed by atoms with Crippen LogP contribution in [-0.2, 0) is 14.3 Å². The van der Waals surface area contributed by atoms with Gasteiger partial charge in [-0.25, -0.2) is 4.79 Å². The van der Waals surface area contributed by atoms with E-state index in [2.05, 4.69) is 38.5 Å². The van der Waals surface area contributed by atoms with E-state index in [1.54, 1.807) is 17.2 Å². The first-order valence-corrected chi connectivity index (χ1v) is 11.1. The number of carbonyl (C=O) groups excluding carboxylic acids is 1. The van der Waals surface area contributed by atoms with Gasteiger partial charge in [0.2, 0.25) is 6.29 Å². The molecular formula is C25H36O5. The van der Waals surface area contributed by atoms with Crippen LogP contribution in [0.3, 0.4) is 0 Å². The van der Waals surface area contributed by atoms with Gasteiger partial charge in [-0.3, -0.25) is 0 Å². The third kappa shape index (κ3) is 5.51. The van der Waals surface area contributed by atoms with Gasteiger partial charge in [0.15, 0.2) is 6.29 Å². The summed E-state index contributed by atoms with van der Waals surface area (Å²) in [5.74, 6) is -0.697. The summed E-state index contributed by atoms with van der Waals surface area (Å²) < 4.78 is 10.3. The Balaban J connectivity index is 1.49. The monoisotopic (exact) mass is 416 g/mol. The van der Waals surface area contributed by atoms with Gasteiger partial charge < -0.3 is 19.7 Å². The number of rotatable bonds is 7. The normalized spacial score (nSPS) is 31.7. The summed E-state index contributed by atoms with van der Waals surface area (Å²) >= 11 is 0. The lowest BCUT2D eigenvalue weighted by Crippen LogP contribution is -2.34. The lowest BCUT2D eigenvalue weighted by Gasteiger charge is -2.35. The molecule has 0 saturated carbocycles. The number of carbonyl (C=O) groups is 1. The average molecular weight is 417 g/mol. The zero-order valence-corrected chi connectivity index (χ0v) is 18.7. The van der Waals surface area contributed by atoms with Gasteiger partial charge in [-0.05, 0) is 64.2 Å². The largest absolute Gasteiger partial charge is 0.429 e. The van der Waals surface area contributed by atoms with Crippen molar-refractivity contribution < 1.29 is 24.5 Å². The summed E-state index contributed by atoms with van der Waals surface area (Å²) in [4.78, 5) is 11.3. The summed E-state index contributed by atoms with van der Waals surface area (Å²) in [5.41, 5.74) is 5.26. The number of hydrogen-bond acceptors (Lipinski definition) is 5. The summed E-state index contributed by atoms with van der Waals surface area (Å²) in [6, 6.07) is 0. The van der Waals surface area contributed by atoms with E-state index >= 15 is 0 Å². The third-order valence-corrected chi connectivity index (χ3v) is 6.76. The molecule has 0 aromatic rings. The maximum atomic E-state index is 11.3. The first-order chi connectivity index (χ1) is 14.2. The lowest BCUT2D eigenvalue weighted by atomic mass is 9.71. The summed E-state index contributed by atoms with van der Waals surface area (Å²) in [5, 5.41) is 20.1. The van der Waals surface area contributed by atoms with Gasteiger partial charge in [-0.15, -0.1) is 0 Å². The van der Waals surface area contributed by atoms with Crippen LogP contribution in [0, 0.1) is 11.3 Å². The number of allylic oxidation sites excluding steroid dienone is 4. The van der Waals surface area contributed by atoms with Gasteiger partial charge in [-0.1, -0.05) is 48.8 Å². The molecule has 0 bridgehead atoms. The van der Waals surface area contributed by atoms with E-state index in [1.165, 1.54) is 30.9 Å². The van der Waals surface area contributed by atoms with E-state index in [1.807, 2.05) is 6.08 Å². The predicted molar refractivity (Wildman–Crippen MR) is 116 cm³/mol. The van der Waals surface area contributed by atoms with Crippen molar-refractivity contribution in [2.75, 3.05) is 0 Å². The van der Waals surface area contributed by atoms with E-state index in [-0.39, 0.29) is 5.92 Å². The highest BCUT2D eigenvalue weighted by atomic mass is 16.6. The Bertz CT molecular complexity index is 770. The van der Waals surface area contributed by atoms with Gasteiger partial charge in [0.1, 0.15) is 6.10 Å². The van der Waals surface area contributed by atoms with Crippen LogP contribution in [0.5, 0.6) is 0 Å². The fourth-order valence-electron chi connectivity index (χ4n) is 4.88. The maximum Gasteiger partial charge on any atom is 0.333 e. The minimum absolute atomic E-state index is 0.108. The second kappa shape index (κ2) is 9.63. The van der Waals surface area contributed by atoms with Crippen molar-refractivity contribution in [2.45, 2.75) is 91.3 Å². The van der Waals surface area contributed by atoms with Gasteiger partial charge in [0.05, 0.1) is 0 Å². The quantitative estimate of drug-likeness (QED) is 0.464. The smallest absolute Gasteiger partial charge is 0.333 e. The minimum atomic E-state index is -1.30. The molecule has 0 spiro atoms. The number of cyclic esters (lactones) is 1. The second-order valence-corrected chi connectivity index (χ2v) is 9.55. The molecule has 4 atom stereocenters. The molecular weight excluding hydrogens is 380 g/mol. The summed E-state index contributed by atoms with van der Waals surface area (Å²) in [6.07, 6.45) is 12.0. The van der Waals surface area contributed by atoms with Crippen molar-refractivity contribution in [3.8, 4) is 0 Å². The Morgan fingerprint density at radius 3 is 2.70 bits per heavy atom. The Hall–Kier alpha value is -1.69. The van der Waals surface area contributed by atoms with Crippen molar-refractivity contribution in [1.29, 1.82) is 0 Å². The van der Waals surface area contributed by atoms with Gasteiger partial charge >= 0.3 is 5.97 Å². The van der Waals surface area contributed by atoms with Crippen molar-refractivity contribution in [3.05, 3.63) is 46.6 Å². The van der Waals surface area contributed by atoms with Crippen molar-refractivity contribution in [1.82, 2.24) is 0 Å². The fraction of sp³-hybridized carbons (Fsp3) is 0.640. The van der Waals surface area contributed by atoms with Crippen LogP contribution in [-0.4, -0.2) is 34.9 Å². The molecule has 3 rings (SSSR count). The first kappa shape index (κ1) is 23.0. The molecule has 0 aromatic heterocycles. The molecule has 3 unspecified atom stereocenters. The molecule has 2 aliphatic heterocycles. The summed E-state index contributed by atoms with van der Waals surface area (Å²) in [6.45, 7) is 9.23. The molecule has 0 radical (unpaired) electrons. The van der Waals surface area contributed by atoms with Crippen LogP contribution in [0.2, 0.25) is 0 Å². The predicted octanol–water partition coefficient (Wildman–Crippen LogP) is 4.71. The average Bonchev–Trinajstić information content (AvgIpc) is 3.00. The zero-order valence-electron chi connectivity index (χ0n) is 18.7. The molecule has 2 heterocycles. The standard InChI is InChI=1S/C25H36O5/c1-16(10-12-20-17(2)8-6-14-25(20,3)4)7-5-9-18-11-13-21(29-23(18)27)19-15-22(26)30-24(19)28/h7,11,13,15,18,21,23-24,27-28H,5-6,8-10,12,14H2,1-4H3/b16-7+/t18?,21-,23?,24?/m1/s1. The van der Waals surface area contributed by atoms with Crippen LogP contribution in [0.1, 0.15) is 72.6 Å². The topological polar surface area (TPSA) is 76.0 Å². The molecule has 0 amide bonds. The first-order valence-electron chi connectivity index (χ1n) is 11.1. The molecule has 2 N–H and O–H groups in total. The maximum absolute atomic E-state index is 11.3. The highest BCUT2D eigenvalue weighted by Crippen LogP contribution is 2.42. The van der Waals surface area contributed by atoms with Crippen LogP contribution < -0.4 is 0 Å². The van der Waals surface area contributed by atoms with Crippen LogP contribution in [0.4, 0.5) is 0 Å². The van der Waals surface area contributed by atoms with E-state index in [4.69, 9.17) is 4.74 Å². The summed E-state index contributed by atoms with van der Waals surface area (Å²) in [7, 11) is 0. The molecule has 30 heavy (non-hydrogen) atoms. The number of esters is 1. The lowest BCUT2D eigenvalue weighted by molar-refractivity contribution is -0.160. The molecule has 1 aliphatic carbocycles. The molecule has 0 saturated heterocycles. The van der Waals surface area contributed by atoms with Crippen LogP contribution >= 0.6 is 0 Å².